The van der Waals surface area contributed by atoms with Gasteiger partial charge in [-0.1, -0.05) is 0 Å². The number of carboxylic acid groups (broad SMARTS) is 1. The van der Waals surface area contributed by atoms with Gasteiger partial charge < -0.3 is 14.7 Å². The number of carbonyl (C=O) groups excluding carboxylic acids is 1. The molecule has 1 fully saturated rings. The lowest BCUT2D eigenvalue weighted by atomic mass is 10.2. The molecule has 1 aliphatic rings. The van der Waals surface area contributed by atoms with E-state index in [9.17, 15) is 9.59 Å². The average molecular weight is 231 g/mol. The van der Waals surface area contributed by atoms with Crippen molar-refractivity contribution in [3.05, 3.63) is 11.5 Å². The van der Waals surface area contributed by atoms with Gasteiger partial charge >= 0.3 is 5.97 Å². The number of hydrogen-bond donors (Lipinski definition) is 1. The fraction of sp³-hybridized carbons (Fsp3) is 0.556. The van der Waals surface area contributed by atoms with Gasteiger partial charge in [-0.3, -0.25) is 4.79 Å². The topological polar surface area (TPSA) is 66.8 Å². The van der Waals surface area contributed by atoms with Crippen molar-refractivity contribution in [3.8, 4) is 0 Å². The molecule has 0 aromatic rings. The molecule has 84 valence electrons. The number of amides is 1. The van der Waals surface area contributed by atoms with Crippen LogP contribution in [0.15, 0.2) is 11.5 Å². The molecule has 0 bridgehead atoms. The summed E-state index contributed by atoms with van der Waals surface area (Å²) in [6, 6.07) is 0. The van der Waals surface area contributed by atoms with E-state index in [-0.39, 0.29) is 19.1 Å². The molecule has 1 rings (SSSR count). The lowest BCUT2D eigenvalue weighted by Gasteiger charge is -2.29. The molecular formula is C9H13NO4S. The SMILES string of the molecule is CS/C=C/C(=O)N1CCOC(C(=O)O)C1. The maximum Gasteiger partial charge on any atom is 0.334 e. The third kappa shape index (κ3) is 3.56. The van der Waals surface area contributed by atoms with E-state index in [1.54, 1.807) is 5.41 Å². The number of morpholine rings is 1. The normalized spacial score (nSPS) is 21.9. The average Bonchev–Trinajstić information content (AvgIpc) is 2.26. The Morgan fingerprint density at radius 1 is 1.60 bits per heavy atom. The highest BCUT2D eigenvalue weighted by Gasteiger charge is 2.27. The van der Waals surface area contributed by atoms with Gasteiger partial charge in [0, 0.05) is 12.6 Å². The number of hydrogen-bond acceptors (Lipinski definition) is 4. The van der Waals surface area contributed by atoms with Crippen LogP contribution in [0.25, 0.3) is 0 Å². The Morgan fingerprint density at radius 2 is 2.33 bits per heavy atom. The molecule has 15 heavy (non-hydrogen) atoms. The molecule has 1 amide bonds. The summed E-state index contributed by atoms with van der Waals surface area (Å²) in [6.45, 7) is 0.837. The molecule has 0 saturated carbocycles. The fourth-order valence-electron chi connectivity index (χ4n) is 1.23. The first-order chi connectivity index (χ1) is 7.15. The quantitative estimate of drug-likeness (QED) is 0.702. The predicted molar refractivity (Wildman–Crippen MR) is 56.6 cm³/mol. The Bertz CT molecular complexity index is 279. The Labute approximate surface area is 92.1 Å². The van der Waals surface area contributed by atoms with E-state index in [4.69, 9.17) is 9.84 Å². The zero-order valence-electron chi connectivity index (χ0n) is 8.38. The fourth-order valence-corrected chi connectivity index (χ4v) is 1.48. The van der Waals surface area contributed by atoms with Crippen LogP contribution in [0.3, 0.4) is 0 Å². The first-order valence-electron chi connectivity index (χ1n) is 4.48. The van der Waals surface area contributed by atoms with Gasteiger partial charge in [-0.25, -0.2) is 4.79 Å². The highest BCUT2D eigenvalue weighted by molar-refractivity contribution is 8.01. The van der Waals surface area contributed by atoms with E-state index >= 15 is 0 Å². The van der Waals surface area contributed by atoms with E-state index in [0.717, 1.165) is 0 Å². The molecule has 1 N–H and O–H groups in total. The van der Waals surface area contributed by atoms with Crippen LogP contribution in [-0.4, -0.2) is 53.9 Å². The minimum atomic E-state index is -1.03. The van der Waals surface area contributed by atoms with Crippen LogP contribution in [0.4, 0.5) is 0 Å². The number of carboxylic acids is 1. The van der Waals surface area contributed by atoms with E-state index in [1.807, 2.05) is 6.26 Å². The van der Waals surface area contributed by atoms with Gasteiger partial charge in [0.15, 0.2) is 6.10 Å². The number of carbonyl (C=O) groups is 2. The predicted octanol–water partition coefficient (Wildman–Crippen LogP) is 0.175. The summed E-state index contributed by atoms with van der Waals surface area (Å²) in [6.07, 6.45) is 2.39. The molecule has 0 aromatic heterocycles. The molecule has 6 heteroatoms. The van der Waals surface area contributed by atoms with Gasteiger partial charge in [-0.2, -0.15) is 0 Å². The summed E-state index contributed by atoms with van der Waals surface area (Å²) in [5.74, 6) is -1.19. The Balaban J connectivity index is 2.52. The van der Waals surface area contributed by atoms with Crippen LogP contribution in [0.1, 0.15) is 0 Å². The maximum absolute atomic E-state index is 11.5. The summed E-state index contributed by atoms with van der Waals surface area (Å²) in [7, 11) is 0. The number of ether oxygens (including phenoxy) is 1. The van der Waals surface area contributed by atoms with Crippen molar-refractivity contribution in [2.24, 2.45) is 0 Å². The number of aliphatic carboxylic acids is 1. The van der Waals surface area contributed by atoms with E-state index in [1.165, 1.54) is 22.7 Å². The number of thioether (sulfide) groups is 1. The van der Waals surface area contributed by atoms with Crippen LogP contribution in [0.2, 0.25) is 0 Å². The summed E-state index contributed by atoms with van der Waals surface area (Å²) >= 11 is 1.43. The summed E-state index contributed by atoms with van der Waals surface area (Å²) in [5.41, 5.74) is 0. The van der Waals surface area contributed by atoms with Gasteiger partial charge in [-0.15, -0.1) is 11.8 Å². The third-order valence-electron chi connectivity index (χ3n) is 2.00. The first-order valence-corrected chi connectivity index (χ1v) is 5.76. The maximum atomic E-state index is 11.5. The highest BCUT2D eigenvalue weighted by Crippen LogP contribution is 2.07. The van der Waals surface area contributed by atoms with Crippen molar-refractivity contribution in [2.45, 2.75) is 6.10 Å². The minimum absolute atomic E-state index is 0.118. The van der Waals surface area contributed by atoms with Gasteiger partial charge in [0.05, 0.1) is 13.2 Å². The molecule has 1 unspecified atom stereocenters. The summed E-state index contributed by atoms with van der Waals surface area (Å²) in [5, 5.41) is 10.4. The number of nitrogens with zero attached hydrogens (tertiary/aromatic N) is 1. The van der Waals surface area contributed by atoms with Crippen molar-refractivity contribution < 1.29 is 19.4 Å². The van der Waals surface area contributed by atoms with Gasteiger partial charge in [0.1, 0.15) is 0 Å². The second kappa shape index (κ2) is 5.77. The zero-order chi connectivity index (χ0) is 11.3. The molecule has 1 atom stereocenters. The van der Waals surface area contributed by atoms with Crippen molar-refractivity contribution >= 4 is 23.6 Å². The van der Waals surface area contributed by atoms with Crippen LogP contribution >= 0.6 is 11.8 Å². The smallest absolute Gasteiger partial charge is 0.334 e. The summed E-state index contributed by atoms with van der Waals surface area (Å²) in [4.78, 5) is 23.6. The zero-order valence-corrected chi connectivity index (χ0v) is 9.20. The first kappa shape index (κ1) is 12.1. The lowest BCUT2D eigenvalue weighted by Crippen LogP contribution is -2.48. The molecule has 1 saturated heterocycles. The van der Waals surface area contributed by atoms with E-state index in [2.05, 4.69) is 0 Å². The van der Waals surface area contributed by atoms with Gasteiger partial charge in [0.2, 0.25) is 5.91 Å². The van der Waals surface area contributed by atoms with Crippen molar-refractivity contribution in [1.82, 2.24) is 4.90 Å². The minimum Gasteiger partial charge on any atom is -0.479 e. The number of rotatable bonds is 3. The summed E-state index contributed by atoms with van der Waals surface area (Å²) < 4.78 is 5.00. The second-order valence-corrected chi connectivity index (χ2v) is 3.76. The van der Waals surface area contributed by atoms with E-state index < -0.39 is 12.1 Å². The Kier molecular flexibility index (Phi) is 4.64. The molecule has 5 nitrogen and oxygen atoms in total. The lowest BCUT2D eigenvalue weighted by molar-refractivity contribution is -0.158. The van der Waals surface area contributed by atoms with Gasteiger partial charge in [-0.05, 0) is 11.7 Å². The van der Waals surface area contributed by atoms with Crippen LogP contribution < -0.4 is 0 Å². The molecular weight excluding hydrogens is 218 g/mol. The molecule has 0 radical (unpaired) electrons. The molecule has 0 aliphatic carbocycles. The van der Waals surface area contributed by atoms with Crippen LogP contribution in [0, 0.1) is 0 Å². The molecule has 1 heterocycles. The van der Waals surface area contributed by atoms with Crippen LogP contribution in [0.5, 0.6) is 0 Å². The molecule has 1 aliphatic heterocycles. The Hall–Kier alpha value is -1.01. The Morgan fingerprint density at radius 3 is 2.93 bits per heavy atom. The second-order valence-electron chi connectivity index (χ2n) is 3.02. The highest BCUT2D eigenvalue weighted by atomic mass is 32.2. The van der Waals surface area contributed by atoms with E-state index in [0.29, 0.717) is 6.54 Å². The monoisotopic (exact) mass is 231 g/mol. The van der Waals surface area contributed by atoms with Crippen molar-refractivity contribution in [3.63, 3.8) is 0 Å². The largest absolute Gasteiger partial charge is 0.479 e. The third-order valence-corrected chi connectivity index (χ3v) is 2.41. The van der Waals surface area contributed by atoms with Crippen molar-refractivity contribution in [2.75, 3.05) is 26.0 Å². The molecule has 0 spiro atoms. The standard InChI is InChI=1S/C9H13NO4S/c1-15-5-2-8(11)10-3-4-14-7(6-10)9(12)13/h2,5,7H,3-4,6H2,1H3,(H,12,13)/b5-2+. The molecule has 0 aromatic carbocycles. The van der Waals surface area contributed by atoms with Crippen LogP contribution in [-0.2, 0) is 14.3 Å². The van der Waals surface area contributed by atoms with Gasteiger partial charge in [0.25, 0.3) is 0 Å². The van der Waals surface area contributed by atoms with Crippen molar-refractivity contribution in [1.29, 1.82) is 0 Å².